The van der Waals surface area contributed by atoms with Crippen LogP contribution in [0.3, 0.4) is 0 Å². The van der Waals surface area contributed by atoms with Gasteiger partial charge in [-0.05, 0) is 43.3 Å². The maximum atomic E-state index is 12.5. The monoisotopic (exact) mass is 388 g/mol. The van der Waals surface area contributed by atoms with Crippen molar-refractivity contribution in [2.24, 2.45) is 0 Å². The SMILES string of the molecule is CON(C)S(=O)(=O)c1ccc(C(=O)NC(C)c2nc3ccccc3[nH]2)cc1. The largest absolute Gasteiger partial charge is 0.342 e. The van der Waals surface area contributed by atoms with Gasteiger partial charge in [0.05, 0.1) is 29.1 Å². The van der Waals surface area contributed by atoms with Crippen molar-refractivity contribution < 1.29 is 18.0 Å². The number of nitrogens with zero attached hydrogens (tertiary/aromatic N) is 2. The molecule has 3 rings (SSSR count). The van der Waals surface area contributed by atoms with Gasteiger partial charge in [-0.15, -0.1) is 0 Å². The maximum absolute atomic E-state index is 12.5. The number of fused-ring (bicyclic) bond motifs is 1. The van der Waals surface area contributed by atoms with Crippen LogP contribution >= 0.6 is 0 Å². The number of aromatic nitrogens is 2. The fourth-order valence-electron chi connectivity index (χ4n) is 2.55. The highest BCUT2D eigenvalue weighted by atomic mass is 32.2. The second-order valence-electron chi connectivity index (χ2n) is 5.96. The molecule has 0 spiro atoms. The molecule has 0 aliphatic heterocycles. The highest BCUT2D eigenvalue weighted by Crippen LogP contribution is 2.18. The predicted octanol–water partition coefficient (Wildman–Crippen LogP) is 2.24. The number of hydroxylamine groups is 1. The molecule has 0 fully saturated rings. The number of para-hydroxylation sites is 2. The Hall–Kier alpha value is -2.75. The van der Waals surface area contributed by atoms with E-state index in [-0.39, 0.29) is 16.8 Å². The van der Waals surface area contributed by atoms with Gasteiger partial charge in [-0.1, -0.05) is 16.6 Å². The lowest BCUT2D eigenvalue weighted by Gasteiger charge is -2.15. The number of rotatable bonds is 6. The van der Waals surface area contributed by atoms with Crippen LogP contribution in [-0.4, -0.2) is 42.9 Å². The van der Waals surface area contributed by atoms with Crippen LogP contribution in [0, 0.1) is 0 Å². The Morgan fingerprint density at radius 1 is 1.19 bits per heavy atom. The van der Waals surface area contributed by atoms with Crippen molar-refractivity contribution in [3.8, 4) is 0 Å². The van der Waals surface area contributed by atoms with E-state index in [0.717, 1.165) is 15.5 Å². The van der Waals surface area contributed by atoms with Gasteiger partial charge in [0.25, 0.3) is 15.9 Å². The van der Waals surface area contributed by atoms with Gasteiger partial charge in [-0.2, -0.15) is 0 Å². The van der Waals surface area contributed by atoms with Crippen LogP contribution in [-0.2, 0) is 14.9 Å². The molecule has 0 bridgehead atoms. The lowest BCUT2D eigenvalue weighted by molar-refractivity contribution is -0.0258. The van der Waals surface area contributed by atoms with Crippen LogP contribution in [0.15, 0.2) is 53.4 Å². The Bertz CT molecular complexity index is 1030. The van der Waals surface area contributed by atoms with Crippen LogP contribution in [0.1, 0.15) is 29.1 Å². The molecule has 1 heterocycles. The van der Waals surface area contributed by atoms with Crippen LogP contribution in [0.5, 0.6) is 0 Å². The smallest absolute Gasteiger partial charge is 0.264 e. The van der Waals surface area contributed by atoms with E-state index in [1.54, 1.807) is 0 Å². The second kappa shape index (κ2) is 7.47. The zero-order chi connectivity index (χ0) is 19.6. The summed E-state index contributed by atoms with van der Waals surface area (Å²) < 4.78 is 25.1. The first kappa shape index (κ1) is 19.0. The van der Waals surface area contributed by atoms with E-state index in [4.69, 9.17) is 4.84 Å². The standard InChI is InChI=1S/C18H20N4O4S/c1-12(17-20-15-6-4-5-7-16(15)21-17)19-18(23)13-8-10-14(11-9-13)27(24,25)22(2)26-3/h4-12H,1-3H3,(H,19,23)(H,20,21). The van der Waals surface area contributed by atoms with Gasteiger partial charge in [-0.3, -0.25) is 9.63 Å². The Labute approximate surface area is 157 Å². The third kappa shape index (κ3) is 3.85. The molecule has 0 saturated carbocycles. The molecule has 8 nitrogen and oxygen atoms in total. The first-order valence-electron chi connectivity index (χ1n) is 8.21. The van der Waals surface area contributed by atoms with E-state index < -0.39 is 10.0 Å². The summed E-state index contributed by atoms with van der Waals surface area (Å²) in [6.45, 7) is 1.82. The topological polar surface area (TPSA) is 104 Å². The van der Waals surface area contributed by atoms with Crippen LogP contribution < -0.4 is 5.32 Å². The van der Waals surface area contributed by atoms with Crippen molar-refractivity contribution >= 4 is 27.0 Å². The fraction of sp³-hybridized carbons (Fsp3) is 0.222. The van der Waals surface area contributed by atoms with Crippen LogP contribution in [0.2, 0.25) is 0 Å². The Balaban J connectivity index is 1.74. The molecule has 0 saturated heterocycles. The Kier molecular flexibility index (Phi) is 5.26. The molecule has 1 aromatic heterocycles. The van der Waals surface area contributed by atoms with Gasteiger partial charge in [0, 0.05) is 12.6 Å². The third-order valence-corrected chi connectivity index (χ3v) is 5.87. The fourth-order valence-corrected chi connectivity index (χ4v) is 3.52. The van der Waals surface area contributed by atoms with E-state index in [0.29, 0.717) is 11.4 Å². The number of nitrogens with one attached hydrogen (secondary N) is 2. The van der Waals surface area contributed by atoms with Crippen LogP contribution in [0.25, 0.3) is 11.0 Å². The Morgan fingerprint density at radius 3 is 2.48 bits per heavy atom. The van der Waals surface area contributed by atoms with E-state index in [1.807, 2.05) is 31.2 Å². The lowest BCUT2D eigenvalue weighted by atomic mass is 10.2. The summed E-state index contributed by atoms with van der Waals surface area (Å²) in [5.41, 5.74) is 2.06. The highest BCUT2D eigenvalue weighted by Gasteiger charge is 2.21. The number of aromatic amines is 1. The van der Waals surface area contributed by atoms with Gasteiger partial charge in [0.15, 0.2) is 0 Å². The third-order valence-electron chi connectivity index (χ3n) is 4.18. The molecular weight excluding hydrogens is 368 g/mol. The van der Waals surface area contributed by atoms with Gasteiger partial charge in [-0.25, -0.2) is 13.4 Å². The van der Waals surface area contributed by atoms with E-state index in [1.165, 1.54) is 38.4 Å². The van der Waals surface area contributed by atoms with Gasteiger partial charge in [0.2, 0.25) is 0 Å². The Morgan fingerprint density at radius 2 is 1.85 bits per heavy atom. The number of sulfonamides is 1. The van der Waals surface area contributed by atoms with Crippen molar-refractivity contribution in [2.75, 3.05) is 14.2 Å². The summed E-state index contributed by atoms with van der Waals surface area (Å²) >= 11 is 0. The summed E-state index contributed by atoms with van der Waals surface area (Å²) in [5.74, 6) is 0.317. The highest BCUT2D eigenvalue weighted by molar-refractivity contribution is 7.89. The predicted molar refractivity (Wildman–Crippen MR) is 100 cm³/mol. The summed E-state index contributed by atoms with van der Waals surface area (Å²) in [7, 11) is -1.19. The molecule has 2 N–H and O–H groups in total. The van der Waals surface area contributed by atoms with E-state index in [9.17, 15) is 13.2 Å². The van der Waals surface area contributed by atoms with Gasteiger partial charge < -0.3 is 10.3 Å². The molecule has 142 valence electrons. The number of hydrogen-bond donors (Lipinski definition) is 2. The summed E-state index contributed by atoms with van der Waals surface area (Å²) in [4.78, 5) is 24.9. The van der Waals surface area contributed by atoms with Gasteiger partial charge >= 0.3 is 0 Å². The zero-order valence-electron chi connectivity index (χ0n) is 15.1. The van der Waals surface area contributed by atoms with Crippen molar-refractivity contribution in [3.05, 3.63) is 59.9 Å². The number of benzene rings is 2. The number of carbonyl (C=O) groups is 1. The molecule has 1 unspecified atom stereocenters. The molecule has 0 aliphatic carbocycles. The molecule has 1 amide bonds. The van der Waals surface area contributed by atoms with E-state index >= 15 is 0 Å². The number of imidazole rings is 1. The molecule has 3 aromatic rings. The average Bonchev–Trinajstić information content (AvgIpc) is 3.11. The van der Waals surface area contributed by atoms with Crippen molar-refractivity contribution in [1.82, 2.24) is 19.8 Å². The molecule has 0 radical (unpaired) electrons. The lowest BCUT2D eigenvalue weighted by Crippen LogP contribution is -2.28. The molecule has 0 aliphatic rings. The molecule has 2 aromatic carbocycles. The normalized spacial score (nSPS) is 13.0. The molecule has 1 atom stereocenters. The minimum atomic E-state index is -3.75. The number of H-pyrrole nitrogens is 1. The first-order chi connectivity index (χ1) is 12.8. The molecule has 27 heavy (non-hydrogen) atoms. The number of hydrogen-bond acceptors (Lipinski definition) is 5. The summed E-state index contributed by atoms with van der Waals surface area (Å²) in [5, 5.41) is 2.85. The second-order valence-corrected chi connectivity index (χ2v) is 7.89. The minimum absolute atomic E-state index is 0.0359. The maximum Gasteiger partial charge on any atom is 0.264 e. The molecular formula is C18H20N4O4S. The van der Waals surface area contributed by atoms with Gasteiger partial charge in [0.1, 0.15) is 5.82 Å². The number of amides is 1. The quantitative estimate of drug-likeness (QED) is 0.630. The van der Waals surface area contributed by atoms with Crippen LogP contribution in [0.4, 0.5) is 0 Å². The van der Waals surface area contributed by atoms with E-state index in [2.05, 4.69) is 15.3 Å². The van der Waals surface area contributed by atoms with Crippen molar-refractivity contribution in [1.29, 1.82) is 0 Å². The zero-order valence-corrected chi connectivity index (χ0v) is 15.9. The van der Waals surface area contributed by atoms with Crippen molar-refractivity contribution in [3.63, 3.8) is 0 Å². The summed E-state index contributed by atoms with van der Waals surface area (Å²) in [6.07, 6.45) is 0. The molecule has 9 heteroatoms. The minimum Gasteiger partial charge on any atom is -0.342 e. The summed E-state index contributed by atoms with van der Waals surface area (Å²) in [6, 6.07) is 12.9. The average molecular weight is 388 g/mol. The first-order valence-corrected chi connectivity index (χ1v) is 9.65. The number of carbonyl (C=O) groups excluding carboxylic acids is 1. The van der Waals surface area contributed by atoms with Crippen molar-refractivity contribution in [2.45, 2.75) is 17.9 Å².